The van der Waals surface area contributed by atoms with Gasteiger partial charge in [0.15, 0.2) is 5.13 Å². The molecule has 2 aromatic carbocycles. The lowest BCUT2D eigenvalue weighted by molar-refractivity contribution is -0.118. The Labute approximate surface area is 166 Å². The fourth-order valence-electron chi connectivity index (χ4n) is 2.72. The summed E-state index contributed by atoms with van der Waals surface area (Å²) in [6, 6.07) is 12.0. The van der Waals surface area contributed by atoms with Gasteiger partial charge in [-0.05, 0) is 36.6 Å². The van der Waals surface area contributed by atoms with Gasteiger partial charge in [0, 0.05) is 0 Å². The zero-order chi connectivity index (χ0) is 19.6. The molecule has 0 unspecified atom stereocenters. The van der Waals surface area contributed by atoms with Gasteiger partial charge in [-0.1, -0.05) is 61.1 Å². The average Bonchev–Trinajstić information content (AvgIpc) is 3.03. The number of hydrogen-bond acceptors (Lipinski definition) is 4. The lowest BCUT2D eigenvalue weighted by atomic mass is 10.0. The highest BCUT2D eigenvalue weighted by molar-refractivity contribution is 7.22. The van der Waals surface area contributed by atoms with E-state index in [1.165, 1.54) is 11.3 Å². The largest absolute Gasteiger partial charge is 0.340 e. The van der Waals surface area contributed by atoms with E-state index < -0.39 is 6.04 Å². The normalized spacial score (nSPS) is 12.2. The van der Waals surface area contributed by atoms with Gasteiger partial charge in [0.25, 0.3) is 5.91 Å². The summed E-state index contributed by atoms with van der Waals surface area (Å²) >= 11 is 7.49. The Morgan fingerprint density at radius 2 is 1.85 bits per heavy atom. The molecule has 7 heteroatoms. The quantitative estimate of drug-likeness (QED) is 0.653. The Morgan fingerprint density at radius 3 is 2.52 bits per heavy atom. The van der Waals surface area contributed by atoms with Gasteiger partial charge in [0.1, 0.15) is 6.04 Å². The summed E-state index contributed by atoms with van der Waals surface area (Å²) in [5, 5.41) is 6.47. The zero-order valence-electron chi connectivity index (χ0n) is 15.2. The molecule has 0 aliphatic heterocycles. The third-order valence-electron chi connectivity index (χ3n) is 4.21. The van der Waals surface area contributed by atoms with Crippen molar-refractivity contribution in [2.24, 2.45) is 5.92 Å². The molecular weight excluding hydrogens is 382 g/mol. The van der Waals surface area contributed by atoms with Crippen LogP contribution in [0.1, 0.15) is 29.8 Å². The number of nitrogens with one attached hydrogen (secondary N) is 2. The van der Waals surface area contributed by atoms with Crippen molar-refractivity contribution in [2.75, 3.05) is 5.32 Å². The van der Waals surface area contributed by atoms with Crippen molar-refractivity contribution in [3.05, 3.63) is 58.6 Å². The first-order chi connectivity index (χ1) is 12.9. The molecule has 5 nitrogen and oxygen atoms in total. The van der Waals surface area contributed by atoms with E-state index in [4.69, 9.17) is 11.6 Å². The molecule has 1 aromatic heterocycles. The number of thiazole rings is 1. The van der Waals surface area contributed by atoms with Gasteiger partial charge in [-0.25, -0.2) is 4.98 Å². The SMILES string of the molecule is Cc1cccc2sc(NC(=O)[C@@H](NC(=O)c3ccccc3Cl)C(C)C)nc12. The molecule has 0 aliphatic carbocycles. The molecule has 0 bridgehead atoms. The maximum atomic E-state index is 12.8. The Balaban J connectivity index is 1.77. The third kappa shape index (κ3) is 4.28. The minimum absolute atomic E-state index is 0.104. The van der Waals surface area contributed by atoms with E-state index in [2.05, 4.69) is 15.6 Å². The number of fused-ring (bicyclic) bond motifs is 1. The molecule has 0 saturated carbocycles. The second-order valence-corrected chi connectivity index (χ2v) is 8.04. The molecule has 27 heavy (non-hydrogen) atoms. The Morgan fingerprint density at radius 1 is 1.11 bits per heavy atom. The Hall–Kier alpha value is -2.44. The van der Waals surface area contributed by atoms with Gasteiger partial charge in [-0.3, -0.25) is 9.59 Å². The van der Waals surface area contributed by atoms with Crippen molar-refractivity contribution in [1.82, 2.24) is 10.3 Å². The predicted octanol–water partition coefficient (Wildman–Crippen LogP) is 4.65. The van der Waals surface area contributed by atoms with Gasteiger partial charge >= 0.3 is 0 Å². The van der Waals surface area contributed by atoms with Crippen LogP contribution in [-0.2, 0) is 4.79 Å². The first-order valence-electron chi connectivity index (χ1n) is 8.59. The van der Waals surface area contributed by atoms with E-state index in [0.717, 1.165) is 15.8 Å². The maximum Gasteiger partial charge on any atom is 0.253 e. The standard InChI is InChI=1S/C20H20ClN3O2S/c1-11(2)16(22-18(25)13-8-4-5-9-14(13)21)19(26)24-20-23-17-12(3)7-6-10-15(17)27-20/h4-11,16H,1-3H3,(H,22,25)(H,23,24,26)/t16-/m0/s1. The summed E-state index contributed by atoms with van der Waals surface area (Å²) in [6.07, 6.45) is 0. The van der Waals surface area contributed by atoms with Crippen LogP contribution in [0.5, 0.6) is 0 Å². The number of amides is 2. The lowest BCUT2D eigenvalue weighted by Crippen LogP contribution is -2.47. The van der Waals surface area contributed by atoms with E-state index in [9.17, 15) is 9.59 Å². The van der Waals surface area contributed by atoms with E-state index >= 15 is 0 Å². The van der Waals surface area contributed by atoms with Gasteiger partial charge in [0.2, 0.25) is 5.91 Å². The first-order valence-corrected chi connectivity index (χ1v) is 9.78. The van der Waals surface area contributed by atoms with E-state index in [1.807, 2.05) is 39.0 Å². The summed E-state index contributed by atoms with van der Waals surface area (Å²) in [4.78, 5) is 29.8. The highest BCUT2D eigenvalue weighted by atomic mass is 35.5. The van der Waals surface area contributed by atoms with Gasteiger partial charge in [0.05, 0.1) is 20.8 Å². The van der Waals surface area contributed by atoms with Gasteiger partial charge in [-0.2, -0.15) is 0 Å². The fraction of sp³-hybridized carbons (Fsp3) is 0.250. The van der Waals surface area contributed by atoms with Crippen molar-refractivity contribution < 1.29 is 9.59 Å². The number of rotatable bonds is 5. The molecule has 140 valence electrons. The summed E-state index contributed by atoms with van der Waals surface area (Å²) in [6.45, 7) is 5.73. The predicted molar refractivity (Wildman–Crippen MR) is 111 cm³/mol. The smallest absolute Gasteiger partial charge is 0.253 e. The highest BCUT2D eigenvalue weighted by Gasteiger charge is 2.26. The molecule has 0 radical (unpaired) electrons. The number of aryl methyl sites for hydroxylation is 1. The number of carbonyl (C=O) groups is 2. The number of halogens is 1. The number of benzene rings is 2. The van der Waals surface area contributed by atoms with E-state index in [1.54, 1.807) is 24.3 Å². The van der Waals surface area contributed by atoms with Crippen LogP contribution in [0.2, 0.25) is 5.02 Å². The minimum Gasteiger partial charge on any atom is -0.340 e. The first kappa shape index (κ1) is 19.3. The number of aromatic nitrogens is 1. The fourth-order valence-corrected chi connectivity index (χ4v) is 3.89. The highest BCUT2D eigenvalue weighted by Crippen LogP contribution is 2.28. The van der Waals surface area contributed by atoms with Crippen LogP contribution < -0.4 is 10.6 Å². The summed E-state index contributed by atoms with van der Waals surface area (Å²) < 4.78 is 1.01. The van der Waals surface area contributed by atoms with Crippen LogP contribution in [0, 0.1) is 12.8 Å². The summed E-state index contributed by atoms with van der Waals surface area (Å²) in [7, 11) is 0. The van der Waals surface area contributed by atoms with E-state index in [0.29, 0.717) is 15.7 Å². The second kappa shape index (κ2) is 8.06. The summed E-state index contributed by atoms with van der Waals surface area (Å²) in [5.74, 6) is -0.788. The van der Waals surface area contributed by atoms with E-state index in [-0.39, 0.29) is 17.7 Å². The number of nitrogens with zero attached hydrogens (tertiary/aromatic N) is 1. The molecule has 1 heterocycles. The van der Waals surface area contributed by atoms with Crippen LogP contribution in [0.3, 0.4) is 0 Å². The molecule has 3 rings (SSSR count). The number of carbonyl (C=O) groups excluding carboxylic acids is 2. The van der Waals surface area contributed by atoms with Crippen molar-refractivity contribution in [3.63, 3.8) is 0 Å². The number of hydrogen-bond donors (Lipinski definition) is 2. The monoisotopic (exact) mass is 401 g/mol. The third-order valence-corrected chi connectivity index (χ3v) is 5.47. The summed E-state index contributed by atoms with van der Waals surface area (Å²) in [5.41, 5.74) is 2.27. The number of anilines is 1. The van der Waals surface area contributed by atoms with Crippen LogP contribution in [0.25, 0.3) is 10.2 Å². The molecule has 1 atom stereocenters. The molecule has 0 spiro atoms. The van der Waals surface area contributed by atoms with Crippen molar-refractivity contribution in [3.8, 4) is 0 Å². The van der Waals surface area contributed by atoms with Crippen LogP contribution in [0.4, 0.5) is 5.13 Å². The Bertz CT molecular complexity index is 1000. The molecule has 2 N–H and O–H groups in total. The molecule has 0 aliphatic rings. The van der Waals surface area contributed by atoms with Gasteiger partial charge in [-0.15, -0.1) is 0 Å². The minimum atomic E-state index is -0.707. The van der Waals surface area contributed by atoms with Gasteiger partial charge < -0.3 is 10.6 Å². The molecule has 0 saturated heterocycles. The molecule has 2 amide bonds. The lowest BCUT2D eigenvalue weighted by Gasteiger charge is -2.21. The zero-order valence-corrected chi connectivity index (χ0v) is 16.8. The van der Waals surface area contributed by atoms with Crippen LogP contribution in [-0.4, -0.2) is 22.8 Å². The van der Waals surface area contributed by atoms with Crippen LogP contribution >= 0.6 is 22.9 Å². The molecule has 3 aromatic rings. The van der Waals surface area contributed by atoms with Crippen LogP contribution in [0.15, 0.2) is 42.5 Å². The molecule has 0 fully saturated rings. The average molecular weight is 402 g/mol. The van der Waals surface area contributed by atoms with Crippen molar-refractivity contribution in [1.29, 1.82) is 0 Å². The maximum absolute atomic E-state index is 12.8. The second-order valence-electron chi connectivity index (χ2n) is 6.60. The van der Waals surface area contributed by atoms with Crippen molar-refractivity contribution >= 4 is 50.1 Å². The van der Waals surface area contributed by atoms with Crippen molar-refractivity contribution in [2.45, 2.75) is 26.8 Å². The Kier molecular flexibility index (Phi) is 5.77. The topological polar surface area (TPSA) is 71.1 Å². The molecular formula is C20H20ClN3O2S. The number of para-hydroxylation sites is 1.